The number of hydrogen-bond acceptors (Lipinski definition) is 7. The molecule has 1 aromatic carbocycles. The SMILES string of the molecule is C=CC(=O)Nc1ccc(C(=O)N2CCC[C@@H](Nc3nccc(N4CCOCC4)n3)C2)cc1.[HH].[HH]. The number of rotatable bonds is 6. The van der Waals surface area contributed by atoms with E-state index in [1.807, 2.05) is 11.0 Å². The van der Waals surface area contributed by atoms with Gasteiger partial charge in [0.15, 0.2) is 0 Å². The molecule has 2 aliphatic rings. The van der Waals surface area contributed by atoms with Crippen LogP contribution in [0.3, 0.4) is 0 Å². The minimum absolute atomic E-state index is 0. The fourth-order valence-corrected chi connectivity index (χ4v) is 3.92. The molecular weight excluding hydrogens is 408 g/mol. The molecule has 0 spiro atoms. The van der Waals surface area contributed by atoms with E-state index in [-0.39, 0.29) is 20.7 Å². The molecule has 9 heteroatoms. The van der Waals surface area contributed by atoms with Gasteiger partial charge in [-0.05, 0) is 49.2 Å². The van der Waals surface area contributed by atoms with Gasteiger partial charge in [0.05, 0.1) is 13.2 Å². The summed E-state index contributed by atoms with van der Waals surface area (Å²) in [4.78, 5) is 37.5. The maximum atomic E-state index is 13.0. The van der Waals surface area contributed by atoms with Crippen molar-refractivity contribution in [3.63, 3.8) is 0 Å². The molecule has 0 unspecified atom stereocenters. The Morgan fingerprint density at radius 3 is 2.69 bits per heavy atom. The third-order valence-corrected chi connectivity index (χ3v) is 5.60. The van der Waals surface area contributed by atoms with E-state index in [1.165, 1.54) is 6.08 Å². The van der Waals surface area contributed by atoms with Crippen molar-refractivity contribution in [1.82, 2.24) is 14.9 Å². The Morgan fingerprint density at radius 2 is 1.94 bits per heavy atom. The van der Waals surface area contributed by atoms with Crippen molar-refractivity contribution in [3.05, 3.63) is 54.7 Å². The number of nitrogens with one attached hydrogen (secondary N) is 2. The Morgan fingerprint density at radius 1 is 1.16 bits per heavy atom. The van der Waals surface area contributed by atoms with Crippen LogP contribution in [0.15, 0.2) is 49.2 Å². The Labute approximate surface area is 190 Å². The number of morpholine rings is 1. The fraction of sp³-hybridized carbons (Fsp3) is 0.391. The van der Waals surface area contributed by atoms with E-state index in [2.05, 4.69) is 32.1 Å². The van der Waals surface area contributed by atoms with E-state index in [1.54, 1.807) is 30.5 Å². The third kappa shape index (κ3) is 5.42. The zero-order valence-corrected chi connectivity index (χ0v) is 18.0. The molecule has 1 aromatic heterocycles. The lowest BCUT2D eigenvalue weighted by Crippen LogP contribution is -2.45. The van der Waals surface area contributed by atoms with Crippen LogP contribution in [0.4, 0.5) is 17.5 Å². The highest BCUT2D eigenvalue weighted by molar-refractivity contribution is 5.99. The van der Waals surface area contributed by atoms with Crippen LogP contribution in [-0.4, -0.2) is 72.1 Å². The molecule has 1 atom stereocenters. The predicted octanol–water partition coefficient (Wildman–Crippen LogP) is 2.65. The van der Waals surface area contributed by atoms with Crippen LogP contribution >= 0.6 is 0 Å². The normalized spacial score (nSPS) is 18.7. The van der Waals surface area contributed by atoms with Gasteiger partial charge in [-0.1, -0.05) is 6.58 Å². The lowest BCUT2D eigenvalue weighted by molar-refractivity contribution is -0.111. The molecule has 172 valence electrons. The zero-order chi connectivity index (χ0) is 22.3. The van der Waals surface area contributed by atoms with Gasteiger partial charge < -0.3 is 25.2 Å². The number of nitrogens with zero attached hydrogens (tertiary/aromatic N) is 4. The number of carbonyl (C=O) groups is 2. The summed E-state index contributed by atoms with van der Waals surface area (Å²) in [5.41, 5.74) is 1.22. The van der Waals surface area contributed by atoms with E-state index < -0.39 is 0 Å². The highest BCUT2D eigenvalue weighted by Gasteiger charge is 2.25. The molecule has 2 amide bonds. The molecule has 2 aliphatic heterocycles. The van der Waals surface area contributed by atoms with Crippen LogP contribution in [-0.2, 0) is 9.53 Å². The lowest BCUT2D eigenvalue weighted by Gasteiger charge is -2.33. The van der Waals surface area contributed by atoms with Gasteiger partial charge in [0.2, 0.25) is 11.9 Å². The summed E-state index contributed by atoms with van der Waals surface area (Å²) in [6.07, 6.45) is 4.82. The number of aromatic nitrogens is 2. The molecule has 2 saturated heterocycles. The second-order valence-electron chi connectivity index (χ2n) is 7.84. The molecule has 3 heterocycles. The molecule has 2 aromatic rings. The molecule has 2 fully saturated rings. The largest absolute Gasteiger partial charge is 0.378 e. The predicted molar refractivity (Wildman–Crippen MR) is 127 cm³/mol. The zero-order valence-electron chi connectivity index (χ0n) is 18.0. The minimum atomic E-state index is -0.283. The second kappa shape index (κ2) is 10.2. The molecule has 0 aliphatic carbocycles. The lowest BCUT2D eigenvalue weighted by atomic mass is 10.0. The average Bonchev–Trinajstić information content (AvgIpc) is 2.85. The number of ether oxygens (including phenoxy) is 1. The van der Waals surface area contributed by atoms with Crippen LogP contribution in [0, 0.1) is 0 Å². The molecule has 0 saturated carbocycles. The van der Waals surface area contributed by atoms with Gasteiger partial charge in [-0.2, -0.15) is 4.98 Å². The summed E-state index contributed by atoms with van der Waals surface area (Å²) < 4.78 is 5.41. The van der Waals surface area contributed by atoms with Crippen molar-refractivity contribution in [2.24, 2.45) is 0 Å². The number of hydrogen-bond donors (Lipinski definition) is 2. The number of amides is 2. The van der Waals surface area contributed by atoms with Crippen LogP contribution < -0.4 is 15.5 Å². The first-order valence-corrected chi connectivity index (χ1v) is 10.9. The minimum Gasteiger partial charge on any atom is -0.378 e. The van der Waals surface area contributed by atoms with Crippen molar-refractivity contribution in [3.8, 4) is 0 Å². The van der Waals surface area contributed by atoms with Crippen molar-refractivity contribution in [1.29, 1.82) is 0 Å². The van der Waals surface area contributed by atoms with Crippen LogP contribution in [0.2, 0.25) is 0 Å². The molecule has 32 heavy (non-hydrogen) atoms. The van der Waals surface area contributed by atoms with Gasteiger partial charge in [-0.25, -0.2) is 4.98 Å². The third-order valence-electron chi connectivity index (χ3n) is 5.60. The summed E-state index contributed by atoms with van der Waals surface area (Å²) >= 11 is 0. The van der Waals surface area contributed by atoms with E-state index in [0.29, 0.717) is 43.5 Å². The van der Waals surface area contributed by atoms with Crippen LogP contribution in [0.5, 0.6) is 0 Å². The number of anilines is 3. The highest BCUT2D eigenvalue weighted by atomic mass is 16.5. The first-order valence-electron chi connectivity index (χ1n) is 10.9. The van der Waals surface area contributed by atoms with Gasteiger partial charge in [0, 0.05) is 52.5 Å². The van der Waals surface area contributed by atoms with Gasteiger partial charge in [0.25, 0.3) is 5.91 Å². The molecule has 0 radical (unpaired) electrons. The Balaban J connectivity index is 0.00000204. The van der Waals surface area contributed by atoms with Gasteiger partial charge in [-0.15, -0.1) is 0 Å². The standard InChI is InChI=1S/C23H28N6O3.2H2/c1-2-21(30)25-18-7-5-17(6-8-18)22(31)29-11-3-4-19(16-29)26-23-24-10-9-20(27-23)28-12-14-32-15-13-28;;/h2,5-10,19H,1,3-4,11-16H2,(H,25,30)(H,24,26,27);2*1H/t19-;;/m1../s1. The van der Waals surface area contributed by atoms with Gasteiger partial charge in [0.1, 0.15) is 5.82 Å². The average molecular weight is 441 g/mol. The summed E-state index contributed by atoms with van der Waals surface area (Å²) in [5, 5.41) is 6.09. The van der Waals surface area contributed by atoms with E-state index in [0.717, 1.165) is 31.7 Å². The smallest absolute Gasteiger partial charge is 0.253 e. The number of piperidine rings is 1. The van der Waals surface area contributed by atoms with Crippen LogP contribution in [0.1, 0.15) is 26.1 Å². The van der Waals surface area contributed by atoms with Crippen molar-refractivity contribution in [2.45, 2.75) is 18.9 Å². The first-order chi connectivity index (χ1) is 15.6. The van der Waals surface area contributed by atoms with Gasteiger partial charge in [-0.3, -0.25) is 9.59 Å². The van der Waals surface area contributed by atoms with E-state index in [9.17, 15) is 9.59 Å². The summed E-state index contributed by atoms with van der Waals surface area (Å²) in [5.74, 6) is 1.16. The maximum Gasteiger partial charge on any atom is 0.253 e. The molecule has 2 N–H and O–H groups in total. The number of likely N-dealkylation sites (tertiary alicyclic amines) is 1. The molecular formula is C23H32N6O3. The fourth-order valence-electron chi connectivity index (χ4n) is 3.92. The Hall–Kier alpha value is -3.46. The number of carbonyl (C=O) groups excluding carboxylic acids is 2. The Kier molecular flexibility index (Phi) is 6.96. The monoisotopic (exact) mass is 440 g/mol. The topological polar surface area (TPSA) is 99.7 Å². The second-order valence-corrected chi connectivity index (χ2v) is 7.84. The summed E-state index contributed by atoms with van der Waals surface area (Å²) in [6.45, 7) is 7.77. The Bertz CT molecular complexity index is 969. The maximum absolute atomic E-state index is 13.0. The van der Waals surface area contributed by atoms with Crippen molar-refractivity contribution in [2.75, 3.05) is 54.9 Å². The molecule has 9 nitrogen and oxygen atoms in total. The van der Waals surface area contributed by atoms with Crippen LogP contribution in [0.25, 0.3) is 0 Å². The van der Waals surface area contributed by atoms with E-state index in [4.69, 9.17) is 4.74 Å². The quantitative estimate of drug-likeness (QED) is 0.666. The molecule has 4 rings (SSSR count). The summed E-state index contributed by atoms with van der Waals surface area (Å²) in [7, 11) is 0. The highest BCUT2D eigenvalue weighted by Crippen LogP contribution is 2.19. The summed E-state index contributed by atoms with van der Waals surface area (Å²) in [6, 6.07) is 8.89. The van der Waals surface area contributed by atoms with Gasteiger partial charge >= 0.3 is 0 Å². The van der Waals surface area contributed by atoms with E-state index >= 15 is 0 Å². The first kappa shape index (κ1) is 21.8. The molecule has 0 bridgehead atoms. The van der Waals surface area contributed by atoms with Crippen molar-refractivity contribution < 1.29 is 17.2 Å². The van der Waals surface area contributed by atoms with Crippen molar-refractivity contribution >= 4 is 29.3 Å². The number of benzene rings is 1.